The lowest BCUT2D eigenvalue weighted by atomic mass is 9.84. The number of fused-ring (bicyclic) bond motifs is 1. The molecule has 1 aliphatic heterocycles. The lowest BCUT2D eigenvalue weighted by Gasteiger charge is -2.24. The zero-order valence-electron chi connectivity index (χ0n) is 9.46. The highest BCUT2D eigenvalue weighted by atomic mass is 35.5. The van der Waals surface area contributed by atoms with Gasteiger partial charge < -0.3 is 0 Å². The standard InChI is InChI=1S/C13H14ClNO/c1-13(2)6-10-5-9(12(16)7-14)3-4-11(10)15-8-13/h3-5,8H,6-7H2,1-2H3. The zero-order valence-corrected chi connectivity index (χ0v) is 10.2. The Bertz CT molecular complexity index is 463. The summed E-state index contributed by atoms with van der Waals surface area (Å²) in [6.07, 6.45) is 2.88. The molecular formula is C13H14ClNO. The topological polar surface area (TPSA) is 29.4 Å². The molecule has 0 aliphatic carbocycles. The van der Waals surface area contributed by atoms with Gasteiger partial charge in [0.1, 0.15) is 0 Å². The summed E-state index contributed by atoms with van der Waals surface area (Å²) in [4.78, 5) is 15.9. The zero-order chi connectivity index (χ0) is 11.8. The van der Waals surface area contributed by atoms with Crippen molar-refractivity contribution in [1.82, 2.24) is 0 Å². The first-order valence-electron chi connectivity index (χ1n) is 5.29. The van der Waals surface area contributed by atoms with E-state index in [0.717, 1.165) is 17.7 Å². The van der Waals surface area contributed by atoms with Crippen LogP contribution in [0, 0.1) is 5.41 Å². The van der Waals surface area contributed by atoms with Crippen LogP contribution in [-0.4, -0.2) is 17.9 Å². The Labute approximate surface area is 100 Å². The van der Waals surface area contributed by atoms with Gasteiger partial charge in [-0.2, -0.15) is 0 Å². The van der Waals surface area contributed by atoms with E-state index in [2.05, 4.69) is 18.8 Å². The van der Waals surface area contributed by atoms with E-state index in [9.17, 15) is 4.79 Å². The summed E-state index contributed by atoms with van der Waals surface area (Å²) in [6, 6.07) is 5.60. The molecule has 0 aromatic heterocycles. The van der Waals surface area contributed by atoms with E-state index in [0.29, 0.717) is 5.56 Å². The maximum absolute atomic E-state index is 11.5. The number of carbonyl (C=O) groups excluding carboxylic acids is 1. The van der Waals surface area contributed by atoms with Gasteiger partial charge in [0.05, 0.1) is 11.6 Å². The monoisotopic (exact) mass is 235 g/mol. The molecule has 0 fully saturated rings. The van der Waals surface area contributed by atoms with Gasteiger partial charge in [-0.15, -0.1) is 11.6 Å². The van der Waals surface area contributed by atoms with Gasteiger partial charge in [-0.25, -0.2) is 0 Å². The van der Waals surface area contributed by atoms with Crippen molar-refractivity contribution in [2.75, 3.05) is 5.88 Å². The minimum atomic E-state index is -0.0307. The van der Waals surface area contributed by atoms with E-state index < -0.39 is 0 Å². The SMILES string of the molecule is CC1(C)C=Nc2ccc(C(=O)CCl)cc2C1. The minimum absolute atomic E-state index is 0.0307. The van der Waals surface area contributed by atoms with Crippen molar-refractivity contribution >= 4 is 29.3 Å². The summed E-state index contributed by atoms with van der Waals surface area (Å²) in [7, 11) is 0. The molecule has 16 heavy (non-hydrogen) atoms. The first kappa shape index (κ1) is 11.3. The molecule has 0 unspecified atom stereocenters. The molecule has 1 heterocycles. The molecule has 0 bridgehead atoms. The van der Waals surface area contributed by atoms with Gasteiger partial charge >= 0.3 is 0 Å². The summed E-state index contributed by atoms with van der Waals surface area (Å²) >= 11 is 5.55. The predicted molar refractivity (Wildman–Crippen MR) is 67.1 cm³/mol. The van der Waals surface area contributed by atoms with Crippen LogP contribution in [0.5, 0.6) is 0 Å². The van der Waals surface area contributed by atoms with Crippen molar-refractivity contribution in [2.45, 2.75) is 20.3 Å². The third kappa shape index (κ3) is 2.17. The fourth-order valence-electron chi connectivity index (χ4n) is 1.88. The Hall–Kier alpha value is -1.15. The number of benzene rings is 1. The number of nitrogens with zero attached hydrogens (tertiary/aromatic N) is 1. The number of ketones is 1. The number of rotatable bonds is 2. The molecule has 3 heteroatoms. The van der Waals surface area contributed by atoms with Crippen LogP contribution in [0.4, 0.5) is 5.69 Å². The first-order valence-corrected chi connectivity index (χ1v) is 5.83. The van der Waals surface area contributed by atoms with Crippen molar-refractivity contribution in [2.24, 2.45) is 10.4 Å². The smallest absolute Gasteiger partial charge is 0.177 e. The number of aliphatic imine (C=N–C) groups is 1. The molecule has 0 N–H and O–H groups in total. The van der Waals surface area contributed by atoms with Crippen molar-refractivity contribution in [3.8, 4) is 0 Å². The molecule has 0 amide bonds. The van der Waals surface area contributed by atoms with Crippen LogP contribution in [0.1, 0.15) is 29.8 Å². The number of carbonyl (C=O) groups is 1. The number of hydrogen-bond acceptors (Lipinski definition) is 2. The lowest BCUT2D eigenvalue weighted by molar-refractivity contribution is 0.102. The Morgan fingerprint density at radius 3 is 2.94 bits per heavy atom. The molecule has 0 saturated heterocycles. The highest BCUT2D eigenvalue weighted by Gasteiger charge is 2.22. The van der Waals surface area contributed by atoms with Gasteiger partial charge in [-0.05, 0) is 30.2 Å². The van der Waals surface area contributed by atoms with Crippen LogP contribution in [0.3, 0.4) is 0 Å². The lowest BCUT2D eigenvalue weighted by Crippen LogP contribution is -2.20. The van der Waals surface area contributed by atoms with Crippen LogP contribution in [0.25, 0.3) is 0 Å². The quantitative estimate of drug-likeness (QED) is 0.571. The van der Waals surface area contributed by atoms with Crippen LogP contribution < -0.4 is 0 Å². The van der Waals surface area contributed by atoms with Crippen molar-refractivity contribution in [3.05, 3.63) is 29.3 Å². The maximum atomic E-state index is 11.5. The van der Waals surface area contributed by atoms with Crippen LogP contribution in [0.15, 0.2) is 23.2 Å². The summed E-state index contributed by atoms with van der Waals surface area (Å²) in [6.45, 7) is 4.27. The number of Topliss-reactive ketones (excluding diaryl/α,β-unsaturated/α-hetero) is 1. The first-order chi connectivity index (χ1) is 7.52. The molecular weight excluding hydrogens is 222 g/mol. The van der Waals surface area contributed by atoms with Gasteiger partial charge in [-0.3, -0.25) is 9.79 Å². The molecule has 0 radical (unpaired) electrons. The summed E-state index contributed by atoms with van der Waals surface area (Å²) < 4.78 is 0. The largest absolute Gasteiger partial charge is 0.293 e. The van der Waals surface area contributed by atoms with Crippen molar-refractivity contribution in [3.63, 3.8) is 0 Å². The van der Waals surface area contributed by atoms with Crippen LogP contribution in [-0.2, 0) is 6.42 Å². The van der Waals surface area contributed by atoms with E-state index in [1.807, 2.05) is 18.3 Å². The molecule has 1 aromatic carbocycles. The maximum Gasteiger partial charge on any atom is 0.177 e. The predicted octanol–water partition coefficient (Wildman–Crippen LogP) is 3.39. The average molecular weight is 236 g/mol. The fraction of sp³-hybridized carbons (Fsp3) is 0.385. The second-order valence-corrected chi connectivity index (χ2v) is 5.09. The highest BCUT2D eigenvalue weighted by Crippen LogP contribution is 2.32. The fourth-order valence-corrected chi connectivity index (χ4v) is 2.04. The van der Waals surface area contributed by atoms with Crippen LogP contribution in [0.2, 0.25) is 0 Å². The number of hydrogen-bond donors (Lipinski definition) is 0. The average Bonchev–Trinajstić information content (AvgIpc) is 2.25. The highest BCUT2D eigenvalue weighted by molar-refractivity contribution is 6.30. The van der Waals surface area contributed by atoms with Crippen molar-refractivity contribution in [1.29, 1.82) is 0 Å². The number of alkyl halides is 1. The van der Waals surface area contributed by atoms with Crippen LogP contribution >= 0.6 is 11.6 Å². The molecule has 1 aromatic rings. The molecule has 0 atom stereocenters. The molecule has 0 spiro atoms. The minimum Gasteiger partial charge on any atom is -0.293 e. The normalized spacial score (nSPS) is 16.9. The van der Waals surface area contributed by atoms with E-state index in [-0.39, 0.29) is 17.1 Å². The summed E-state index contributed by atoms with van der Waals surface area (Å²) in [5.41, 5.74) is 2.84. The molecule has 0 saturated carbocycles. The second-order valence-electron chi connectivity index (χ2n) is 4.82. The van der Waals surface area contributed by atoms with E-state index in [4.69, 9.17) is 11.6 Å². The van der Waals surface area contributed by atoms with E-state index in [1.54, 1.807) is 6.07 Å². The molecule has 2 nitrogen and oxygen atoms in total. The second kappa shape index (κ2) is 4.02. The number of halogens is 1. The molecule has 1 aliphatic rings. The van der Waals surface area contributed by atoms with Gasteiger partial charge in [0.15, 0.2) is 5.78 Å². The van der Waals surface area contributed by atoms with E-state index >= 15 is 0 Å². The molecule has 2 rings (SSSR count). The Kier molecular flexibility index (Phi) is 2.85. The van der Waals surface area contributed by atoms with Gasteiger partial charge in [-0.1, -0.05) is 13.8 Å². The third-order valence-electron chi connectivity index (χ3n) is 2.72. The van der Waals surface area contributed by atoms with E-state index in [1.165, 1.54) is 0 Å². The summed E-state index contributed by atoms with van der Waals surface area (Å²) in [5.74, 6) is 0.00247. The van der Waals surface area contributed by atoms with Gasteiger partial charge in [0.2, 0.25) is 0 Å². The Balaban J connectivity index is 2.40. The summed E-state index contributed by atoms with van der Waals surface area (Å²) in [5, 5.41) is 0. The van der Waals surface area contributed by atoms with Gasteiger partial charge in [0, 0.05) is 17.2 Å². The van der Waals surface area contributed by atoms with Gasteiger partial charge in [0.25, 0.3) is 0 Å². The Morgan fingerprint density at radius 2 is 2.25 bits per heavy atom. The molecule has 84 valence electrons. The van der Waals surface area contributed by atoms with Crippen molar-refractivity contribution < 1.29 is 4.79 Å². The third-order valence-corrected chi connectivity index (χ3v) is 2.96. The Morgan fingerprint density at radius 1 is 1.50 bits per heavy atom.